The first-order chi connectivity index (χ1) is 11.5. The molecule has 0 saturated heterocycles. The van der Waals surface area contributed by atoms with E-state index in [1.165, 1.54) is 36.2 Å². The lowest BCUT2D eigenvalue weighted by atomic mass is 10.0. The lowest BCUT2D eigenvalue weighted by Gasteiger charge is -2.34. The summed E-state index contributed by atoms with van der Waals surface area (Å²) in [6.07, 6.45) is -11.7. The molecule has 0 spiro atoms. The summed E-state index contributed by atoms with van der Waals surface area (Å²) in [4.78, 5) is 12.6. The van der Waals surface area contributed by atoms with Crippen LogP contribution in [-0.4, -0.2) is 32.3 Å². The van der Waals surface area contributed by atoms with Crippen LogP contribution in [-0.2, 0) is 10.0 Å². The summed E-state index contributed by atoms with van der Waals surface area (Å²) in [6, 6.07) is 2.36. The standard InChI is InChI=1S/C13H15F6N3O3S/c1-7-5-4-6-8(2)9(7)26(24,25)22-21-10(23)20-11(3,12(14,15)16)13(17,18)19/h4-6,22H,1-3H3,(H2,20,21,23). The highest BCUT2D eigenvalue weighted by Gasteiger charge is 2.68. The lowest BCUT2D eigenvalue weighted by molar-refractivity contribution is -0.297. The van der Waals surface area contributed by atoms with Crippen LogP contribution in [0.3, 0.4) is 0 Å². The molecule has 13 heteroatoms. The number of hydrogen-bond acceptors (Lipinski definition) is 3. The molecular weight excluding hydrogens is 392 g/mol. The minimum atomic E-state index is -5.87. The molecule has 2 amide bonds. The summed E-state index contributed by atoms with van der Waals surface area (Å²) in [5.74, 6) is 0. The number of hydrazine groups is 1. The van der Waals surface area contributed by atoms with Gasteiger partial charge in [-0.1, -0.05) is 18.2 Å². The molecule has 0 aliphatic carbocycles. The van der Waals surface area contributed by atoms with E-state index >= 15 is 0 Å². The van der Waals surface area contributed by atoms with E-state index in [0.29, 0.717) is 5.32 Å². The second-order valence-corrected chi connectivity index (χ2v) is 7.15. The van der Waals surface area contributed by atoms with Crippen molar-refractivity contribution in [3.05, 3.63) is 29.3 Å². The molecule has 1 aromatic rings. The Balaban J connectivity index is 2.99. The van der Waals surface area contributed by atoms with Crippen LogP contribution in [0, 0.1) is 13.8 Å². The molecule has 0 aliphatic rings. The zero-order valence-corrected chi connectivity index (χ0v) is 14.4. The Labute approximate surface area is 145 Å². The maximum atomic E-state index is 12.7. The van der Waals surface area contributed by atoms with Crippen LogP contribution in [0.5, 0.6) is 0 Å². The van der Waals surface area contributed by atoms with Crippen molar-refractivity contribution in [3.63, 3.8) is 0 Å². The largest absolute Gasteiger partial charge is 0.420 e. The van der Waals surface area contributed by atoms with Gasteiger partial charge in [0.2, 0.25) is 5.54 Å². The van der Waals surface area contributed by atoms with E-state index in [4.69, 9.17) is 0 Å². The highest BCUT2D eigenvalue weighted by Crippen LogP contribution is 2.42. The summed E-state index contributed by atoms with van der Waals surface area (Å²) < 4.78 is 101. The minimum Gasteiger partial charge on any atom is -0.315 e. The Kier molecular flexibility index (Phi) is 5.88. The molecule has 0 saturated carbocycles. The van der Waals surface area contributed by atoms with Gasteiger partial charge in [0, 0.05) is 0 Å². The minimum absolute atomic E-state index is 0.259. The van der Waals surface area contributed by atoms with Gasteiger partial charge in [0.05, 0.1) is 4.90 Å². The van der Waals surface area contributed by atoms with E-state index in [9.17, 15) is 39.6 Å². The van der Waals surface area contributed by atoms with E-state index in [1.807, 2.05) is 0 Å². The molecule has 0 aliphatic heterocycles. The lowest BCUT2D eigenvalue weighted by Crippen LogP contribution is -2.67. The number of rotatable bonds is 4. The predicted octanol–water partition coefficient (Wildman–Crippen LogP) is 2.68. The van der Waals surface area contributed by atoms with Crippen LogP contribution in [0.2, 0.25) is 0 Å². The third kappa shape index (κ3) is 4.38. The fourth-order valence-electron chi connectivity index (χ4n) is 1.95. The van der Waals surface area contributed by atoms with Crippen LogP contribution >= 0.6 is 0 Å². The third-order valence-electron chi connectivity index (χ3n) is 3.47. The summed E-state index contributed by atoms with van der Waals surface area (Å²) in [5, 5.41) is 0.700. The van der Waals surface area contributed by atoms with Gasteiger partial charge < -0.3 is 5.32 Å². The molecule has 0 atom stereocenters. The second-order valence-electron chi connectivity index (χ2n) is 5.53. The van der Waals surface area contributed by atoms with E-state index in [2.05, 4.69) is 0 Å². The van der Waals surface area contributed by atoms with Crippen molar-refractivity contribution < 1.29 is 39.6 Å². The summed E-state index contributed by atoms with van der Waals surface area (Å²) in [7, 11) is -4.43. The van der Waals surface area contributed by atoms with Gasteiger partial charge in [0.15, 0.2) is 0 Å². The molecule has 0 aromatic heterocycles. The molecular formula is C13H15F6N3O3S. The predicted molar refractivity (Wildman–Crippen MR) is 78.4 cm³/mol. The average Bonchev–Trinajstić information content (AvgIpc) is 2.42. The maximum absolute atomic E-state index is 12.7. The zero-order valence-electron chi connectivity index (χ0n) is 13.6. The first kappa shape index (κ1) is 22.0. The number of alkyl halides is 6. The molecule has 6 nitrogen and oxygen atoms in total. The fraction of sp³-hybridized carbons (Fsp3) is 0.462. The number of carbonyl (C=O) groups excluding carboxylic acids is 1. The SMILES string of the molecule is Cc1cccc(C)c1S(=O)(=O)NNC(=O)NC(C)(C(F)(F)F)C(F)(F)F. The van der Waals surface area contributed by atoms with Gasteiger partial charge in [-0.2, -0.15) is 26.3 Å². The number of amides is 2. The zero-order chi connectivity index (χ0) is 20.6. The van der Waals surface area contributed by atoms with Gasteiger partial charge in [-0.15, -0.1) is 4.83 Å². The molecule has 0 fully saturated rings. The number of benzene rings is 1. The van der Waals surface area contributed by atoms with Crippen LogP contribution < -0.4 is 15.6 Å². The fourth-order valence-corrected chi connectivity index (χ4v) is 3.26. The molecule has 1 rings (SSSR count). The summed E-state index contributed by atoms with van der Waals surface area (Å²) >= 11 is 0. The number of carbonyl (C=O) groups is 1. The normalized spacial score (nSPS) is 13.4. The molecule has 0 heterocycles. The van der Waals surface area contributed by atoms with Gasteiger partial charge in [-0.05, 0) is 31.9 Å². The van der Waals surface area contributed by atoms with E-state index in [1.54, 1.807) is 6.07 Å². The molecule has 1 aromatic carbocycles. The van der Waals surface area contributed by atoms with Gasteiger partial charge in [-0.3, -0.25) is 5.43 Å². The average molecular weight is 407 g/mol. The topological polar surface area (TPSA) is 87.3 Å². The maximum Gasteiger partial charge on any atom is 0.420 e. The van der Waals surface area contributed by atoms with Gasteiger partial charge in [0.1, 0.15) is 0 Å². The number of sulfonamides is 1. The molecule has 0 bridgehead atoms. The number of hydrogen-bond donors (Lipinski definition) is 3. The number of nitrogens with one attached hydrogen (secondary N) is 3. The van der Waals surface area contributed by atoms with Crippen LogP contribution in [0.25, 0.3) is 0 Å². The van der Waals surface area contributed by atoms with Crippen molar-refractivity contribution in [1.29, 1.82) is 0 Å². The summed E-state index contributed by atoms with van der Waals surface area (Å²) in [6.45, 7) is 2.56. The number of aryl methyl sites for hydroxylation is 2. The van der Waals surface area contributed by atoms with Crippen LogP contribution in [0.4, 0.5) is 31.1 Å². The third-order valence-corrected chi connectivity index (χ3v) is 5.03. The Morgan fingerprint density at radius 1 is 0.962 bits per heavy atom. The van der Waals surface area contributed by atoms with Crippen molar-refractivity contribution in [1.82, 2.24) is 15.6 Å². The smallest absolute Gasteiger partial charge is 0.315 e. The van der Waals surface area contributed by atoms with E-state index in [0.717, 1.165) is 0 Å². The van der Waals surface area contributed by atoms with Crippen LogP contribution in [0.15, 0.2) is 23.1 Å². The van der Waals surface area contributed by atoms with Crippen molar-refractivity contribution in [3.8, 4) is 0 Å². The molecule has 3 N–H and O–H groups in total. The number of urea groups is 1. The Morgan fingerprint density at radius 3 is 1.77 bits per heavy atom. The molecule has 26 heavy (non-hydrogen) atoms. The first-order valence-corrected chi connectivity index (χ1v) is 8.31. The molecule has 0 unspecified atom stereocenters. The highest BCUT2D eigenvalue weighted by atomic mass is 32.2. The number of halogens is 6. The Hall–Kier alpha value is -2.02. The Morgan fingerprint density at radius 2 is 1.38 bits per heavy atom. The second kappa shape index (κ2) is 6.95. The van der Waals surface area contributed by atoms with Crippen LogP contribution in [0.1, 0.15) is 18.1 Å². The summed E-state index contributed by atoms with van der Waals surface area (Å²) in [5.41, 5.74) is -2.77. The van der Waals surface area contributed by atoms with Crippen molar-refractivity contribution in [2.45, 2.75) is 43.6 Å². The van der Waals surface area contributed by atoms with Crippen molar-refractivity contribution >= 4 is 16.1 Å². The van der Waals surface area contributed by atoms with Crippen molar-refractivity contribution in [2.75, 3.05) is 0 Å². The quantitative estimate of drug-likeness (QED) is 0.530. The van der Waals surface area contributed by atoms with Gasteiger partial charge in [-0.25, -0.2) is 13.2 Å². The Bertz CT molecular complexity index is 755. The first-order valence-electron chi connectivity index (χ1n) is 6.82. The van der Waals surface area contributed by atoms with Gasteiger partial charge in [0.25, 0.3) is 10.0 Å². The molecule has 148 valence electrons. The van der Waals surface area contributed by atoms with E-state index in [-0.39, 0.29) is 22.9 Å². The highest BCUT2D eigenvalue weighted by molar-refractivity contribution is 7.89. The van der Waals surface area contributed by atoms with Gasteiger partial charge >= 0.3 is 18.4 Å². The monoisotopic (exact) mass is 407 g/mol. The van der Waals surface area contributed by atoms with E-state index < -0.39 is 33.9 Å². The molecule has 0 radical (unpaired) electrons. The van der Waals surface area contributed by atoms with Crippen molar-refractivity contribution in [2.24, 2.45) is 0 Å².